The Labute approximate surface area is 110 Å². The molecule has 0 aromatic heterocycles. The molecule has 1 aromatic rings. The lowest BCUT2D eigenvalue weighted by molar-refractivity contribution is -0.0498. The molecule has 0 bridgehead atoms. The van der Waals surface area contributed by atoms with Crippen LogP contribution in [0.5, 0.6) is 5.75 Å². The normalized spacial score (nSPS) is 10.0. The fourth-order valence-corrected chi connectivity index (χ4v) is 1.85. The molecule has 18 heavy (non-hydrogen) atoms. The van der Waals surface area contributed by atoms with E-state index in [-0.39, 0.29) is 28.0 Å². The van der Waals surface area contributed by atoms with Gasteiger partial charge in [-0.2, -0.15) is 14.0 Å². The van der Waals surface area contributed by atoms with Gasteiger partial charge in [0, 0.05) is 4.47 Å². The first-order valence-electron chi connectivity index (χ1n) is 4.85. The number of benzene rings is 1. The van der Waals surface area contributed by atoms with Gasteiger partial charge < -0.3 is 9.47 Å². The maximum absolute atomic E-state index is 12.1. The Morgan fingerprint density at radius 3 is 2.72 bits per heavy atom. The van der Waals surface area contributed by atoms with Gasteiger partial charge in [-0.1, -0.05) is 0 Å². The van der Waals surface area contributed by atoms with Crippen LogP contribution in [0.4, 0.5) is 8.78 Å². The molecule has 0 amide bonds. The van der Waals surface area contributed by atoms with Crippen molar-refractivity contribution in [3.05, 3.63) is 27.7 Å². The number of esters is 1. The second kappa shape index (κ2) is 6.31. The molecule has 1 aromatic carbocycles. The molecule has 0 N–H and O–H groups in total. The summed E-state index contributed by atoms with van der Waals surface area (Å²) in [4.78, 5) is 11.6. The van der Waals surface area contributed by atoms with Gasteiger partial charge in [0.05, 0.1) is 17.7 Å². The number of ether oxygens (including phenoxy) is 2. The zero-order valence-electron chi connectivity index (χ0n) is 9.25. The van der Waals surface area contributed by atoms with Gasteiger partial charge >= 0.3 is 12.6 Å². The number of nitrogens with zero attached hydrogens (tertiary/aromatic N) is 1. The lowest BCUT2D eigenvalue weighted by Gasteiger charge is -2.10. The Morgan fingerprint density at radius 1 is 1.56 bits per heavy atom. The predicted molar refractivity (Wildman–Crippen MR) is 61.4 cm³/mol. The van der Waals surface area contributed by atoms with E-state index in [1.165, 1.54) is 6.07 Å². The van der Waals surface area contributed by atoms with Crippen LogP contribution in [0.2, 0.25) is 0 Å². The van der Waals surface area contributed by atoms with Gasteiger partial charge in [-0.3, -0.25) is 0 Å². The molecular formula is C11H8BrF2NO3. The van der Waals surface area contributed by atoms with Crippen LogP contribution in [0.1, 0.15) is 22.8 Å². The Kier molecular flexibility index (Phi) is 5.04. The molecule has 0 saturated heterocycles. The van der Waals surface area contributed by atoms with Gasteiger partial charge in [-0.15, -0.1) is 0 Å². The summed E-state index contributed by atoms with van der Waals surface area (Å²) in [7, 11) is 0. The third-order valence-electron chi connectivity index (χ3n) is 1.89. The molecule has 96 valence electrons. The van der Waals surface area contributed by atoms with Gasteiger partial charge in [0.2, 0.25) is 0 Å². The molecule has 0 atom stereocenters. The number of rotatable bonds is 4. The van der Waals surface area contributed by atoms with Crippen LogP contribution >= 0.6 is 15.9 Å². The number of alkyl halides is 2. The summed E-state index contributed by atoms with van der Waals surface area (Å²) < 4.78 is 33.2. The van der Waals surface area contributed by atoms with Crippen LogP contribution < -0.4 is 4.74 Å². The first kappa shape index (κ1) is 14.4. The highest BCUT2D eigenvalue weighted by atomic mass is 79.9. The monoisotopic (exact) mass is 319 g/mol. The van der Waals surface area contributed by atoms with Crippen molar-refractivity contribution in [1.82, 2.24) is 0 Å². The molecular weight excluding hydrogens is 312 g/mol. The van der Waals surface area contributed by atoms with Crippen molar-refractivity contribution in [2.45, 2.75) is 13.5 Å². The minimum Gasteiger partial charge on any atom is -0.462 e. The van der Waals surface area contributed by atoms with Crippen molar-refractivity contribution >= 4 is 21.9 Å². The van der Waals surface area contributed by atoms with Gasteiger partial charge in [0.15, 0.2) is 0 Å². The quantitative estimate of drug-likeness (QED) is 0.800. The Hall–Kier alpha value is -1.68. The Morgan fingerprint density at radius 2 is 2.22 bits per heavy atom. The smallest absolute Gasteiger partial charge is 0.387 e. The molecule has 0 aliphatic heterocycles. The zero-order valence-corrected chi connectivity index (χ0v) is 10.8. The Bertz CT molecular complexity index is 500. The van der Waals surface area contributed by atoms with Gasteiger partial charge in [-0.05, 0) is 35.0 Å². The standard InChI is InChI=1S/C11H8BrF2NO3/c1-2-17-10(16)9-6(5-15)3-7(4-8(9)12)18-11(13)14/h3-4,11H,2H2,1H3. The Balaban J connectivity index is 3.21. The van der Waals surface area contributed by atoms with Crippen molar-refractivity contribution in [2.24, 2.45) is 0 Å². The number of hydrogen-bond donors (Lipinski definition) is 0. The molecule has 4 nitrogen and oxygen atoms in total. The average molecular weight is 320 g/mol. The van der Waals surface area contributed by atoms with Crippen molar-refractivity contribution < 1.29 is 23.0 Å². The van der Waals surface area contributed by atoms with Crippen molar-refractivity contribution in [3.8, 4) is 11.8 Å². The largest absolute Gasteiger partial charge is 0.462 e. The third-order valence-corrected chi connectivity index (χ3v) is 2.51. The fraction of sp³-hybridized carbons (Fsp3) is 0.273. The first-order chi connectivity index (χ1) is 8.49. The molecule has 0 unspecified atom stereocenters. The predicted octanol–water partition coefficient (Wildman–Crippen LogP) is 3.10. The molecule has 0 spiro atoms. The summed E-state index contributed by atoms with van der Waals surface area (Å²) in [6.07, 6.45) is 0. The van der Waals surface area contributed by atoms with Crippen LogP contribution in [-0.4, -0.2) is 19.2 Å². The van der Waals surface area contributed by atoms with Gasteiger partial charge in [-0.25, -0.2) is 4.79 Å². The van der Waals surface area contributed by atoms with E-state index < -0.39 is 12.6 Å². The van der Waals surface area contributed by atoms with Crippen LogP contribution in [-0.2, 0) is 4.74 Å². The van der Waals surface area contributed by atoms with Crippen LogP contribution in [0.25, 0.3) is 0 Å². The number of nitriles is 1. The van der Waals surface area contributed by atoms with E-state index in [0.29, 0.717) is 0 Å². The van der Waals surface area contributed by atoms with Crippen LogP contribution in [0.15, 0.2) is 16.6 Å². The summed E-state index contributed by atoms with van der Waals surface area (Å²) in [5.41, 5.74) is -0.112. The minimum atomic E-state index is -3.00. The van der Waals surface area contributed by atoms with E-state index in [1.807, 2.05) is 0 Å². The molecule has 0 aliphatic rings. The molecule has 0 fully saturated rings. The highest BCUT2D eigenvalue weighted by Crippen LogP contribution is 2.28. The van der Waals surface area contributed by atoms with Gasteiger partial charge in [0.25, 0.3) is 0 Å². The van der Waals surface area contributed by atoms with Crippen molar-refractivity contribution in [1.29, 1.82) is 5.26 Å². The van der Waals surface area contributed by atoms with E-state index in [9.17, 15) is 13.6 Å². The fourth-order valence-electron chi connectivity index (χ4n) is 1.25. The zero-order chi connectivity index (χ0) is 13.7. The summed E-state index contributed by atoms with van der Waals surface area (Å²) in [5.74, 6) is -0.911. The second-order valence-corrected chi connectivity index (χ2v) is 3.89. The molecule has 1 rings (SSSR count). The lowest BCUT2D eigenvalue weighted by Crippen LogP contribution is -2.09. The molecule has 0 heterocycles. The van der Waals surface area contributed by atoms with E-state index in [0.717, 1.165) is 6.07 Å². The number of halogens is 3. The van der Waals surface area contributed by atoms with Crippen LogP contribution in [0, 0.1) is 11.3 Å². The third kappa shape index (κ3) is 3.40. The molecule has 0 saturated carbocycles. The molecule has 0 aliphatic carbocycles. The number of hydrogen-bond acceptors (Lipinski definition) is 4. The van der Waals surface area contributed by atoms with Crippen molar-refractivity contribution in [3.63, 3.8) is 0 Å². The first-order valence-corrected chi connectivity index (χ1v) is 5.64. The number of carbonyl (C=O) groups excluding carboxylic acids is 1. The summed E-state index contributed by atoms with van der Waals surface area (Å²) in [5, 5.41) is 8.90. The highest BCUT2D eigenvalue weighted by Gasteiger charge is 2.19. The van der Waals surface area contributed by atoms with Crippen LogP contribution in [0.3, 0.4) is 0 Å². The SMILES string of the molecule is CCOC(=O)c1c(Br)cc(OC(F)F)cc1C#N. The summed E-state index contributed by atoms with van der Waals surface area (Å²) in [6.45, 7) is -1.24. The lowest BCUT2D eigenvalue weighted by atomic mass is 10.1. The maximum atomic E-state index is 12.1. The highest BCUT2D eigenvalue weighted by molar-refractivity contribution is 9.10. The second-order valence-electron chi connectivity index (χ2n) is 3.04. The maximum Gasteiger partial charge on any atom is 0.387 e. The molecule has 0 radical (unpaired) electrons. The topological polar surface area (TPSA) is 59.3 Å². The van der Waals surface area contributed by atoms with Gasteiger partial charge in [0.1, 0.15) is 11.8 Å². The number of carbonyl (C=O) groups is 1. The summed E-state index contributed by atoms with van der Waals surface area (Å²) >= 11 is 3.02. The summed E-state index contributed by atoms with van der Waals surface area (Å²) in [6, 6.07) is 3.97. The van der Waals surface area contributed by atoms with E-state index in [4.69, 9.17) is 10.00 Å². The minimum absolute atomic E-state index is 0.0130. The van der Waals surface area contributed by atoms with Crippen molar-refractivity contribution in [2.75, 3.05) is 6.61 Å². The van der Waals surface area contributed by atoms with E-state index in [2.05, 4.69) is 20.7 Å². The van der Waals surface area contributed by atoms with E-state index >= 15 is 0 Å². The molecule has 7 heteroatoms. The average Bonchev–Trinajstić information content (AvgIpc) is 2.27. The van der Waals surface area contributed by atoms with E-state index in [1.54, 1.807) is 13.0 Å².